The summed E-state index contributed by atoms with van der Waals surface area (Å²) in [5.41, 5.74) is -0.368. The Balaban J connectivity index is 2.41. The van der Waals surface area contributed by atoms with Gasteiger partial charge < -0.3 is 14.9 Å². The fraction of sp³-hybridized carbons (Fsp3) is 0.455. The van der Waals surface area contributed by atoms with Crippen LogP contribution in [-0.2, 0) is 6.42 Å². The first-order valence-electron chi connectivity index (χ1n) is 4.93. The van der Waals surface area contributed by atoms with Gasteiger partial charge in [0.1, 0.15) is 0 Å². The third-order valence-corrected chi connectivity index (χ3v) is 3.06. The van der Waals surface area contributed by atoms with E-state index in [2.05, 4.69) is 0 Å². The van der Waals surface area contributed by atoms with Crippen LogP contribution in [-0.4, -0.2) is 22.9 Å². The highest BCUT2D eigenvalue weighted by Crippen LogP contribution is 2.44. The van der Waals surface area contributed by atoms with Gasteiger partial charge >= 0.3 is 0 Å². The number of aromatic hydroxyl groups is 1. The molecule has 1 saturated carbocycles. The summed E-state index contributed by atoms with van der Waals surface area (Å²) in [5, 5.41) is 19.4. The topological polar surface area (TPSA) is 49.7 Å². The first-order chi connectivity index (χ1) is 7.47. The van der Waals surface area contributed by atoms with Crippen LogP contribution >= 0.6 is 11.6 Å². The van der Waals surface area contributed by atoms with Gasteiger partial charge in [-0.15, -0.1) is 0 Å². The van der Waals surface area contributed by atoms with Crippen molar-refractivity contribution in [2.45, 2.75) is 24.9 Å². The van der Waals surface area contributed by atoms with Gasteiger partial charge in [0.25, 0.3) is 0 Å². The second-order valence-electron chi connectivity index (χ2n) is 4.11. The van der Waals surface area contributed by atoms with Gasteiger partial charge in [0, 0.05) is 12.0 Å². The first kappa shape index (κ1) is 11.5. The summed E-state index contributed by atoms with van der Waals surface area (Å²) in [6.45, 7) is 0. The maximum Gasteiger partial charge on any atom is 0.198 e. The number of phenolic OH excluding ortho intramolecular Hbond substituents is 1. The highest BCUT2D eigenvalue weighted by molar-refractivity contribution is 6.31. The molecule has 0 unspecified atom stereocenters. The molecule has 2 N–H and O–H groups in total. The Morgan fingerprint density at radius 3 is 2.69 bits per heavy atom. The van der Waals surface area contributed by atoms with Crippen molar-refractivity contribution in [3.8, 4) is 11.5 Å². The predicted octanol–water partition coefficient (Wildman–Crippen LogP) is 2.26. The van der Waals surface area contributed by atoms with Crippen molar-refractivity contribution in [2.24, 2.45) is 0 Å². The molecule has 0 aromatic heterocycles. The van der Waals surface area contributed by atoms with Crippen molar-refractivity contribution in [1.29, 1.82) is 0 Å². The Morgan fingerprint density at radius 2 is 2.19 bits per heavy atom. The number of hydrogen-bond donors (Lipinski definition) is 2. The molecule has 0 radical (unpaired) electrons. The molecular formula is C11H12ClFO3. The summed E-state index contributed by atoms with van der Waals surface area (Å²) < 4.78 is 18.2. The maximum absolute atomic E-state index is 13.4. The highest BCUT2D eigenvalue weighted by Gasteiger charge is 2.41. The SMILES string of the molecule is COc1c(O)c(CC2(O)CC2)cc(Cl)c1F. The number of hydrogen-bond acceptors (Lipinski definition) is 3. The fourth-order valence-electron chi connectivity index (χ4n) is 1.64. The second-order valence-corrected chi connectivity index (χ2v) is 4.52. The van der Waals surface area contributed by atoms with E-state index in [1.54, 1.807) is 0 Å². The number of aliphatic hydroxyl groups is 1. The normalized spacial score (nSPS) is 17.2. The molecule has 1 aliphatic rings. The molecule has 0 amide bonds. The molecule has 5 heteroatoms. The molecular weight excluding hydrogens is 235 g/mol. The van der Waals surface area contributed by atoms with Gasteiger partial charge in [0.15, 0.2) is 17.3 Å². The van der Waals surface area contributed by atoms with Crippen LogP contribution in [0.5, 0.6) is 11.5 Å². The van der Waals surface area contributed by atoms with Crippen LogP contribution in [0.25, 0.3) is 0 Å². The molecule has 2 rings (SSSR count). The van der Waals surface area contributed by atoms with Crippen molar-refractivity contribution in [3.05, 3.63) is 22.5 Å². The standard InChI is InChI=1S/C11H12ClFO3/c1-16-10-8(13)7(12)4-6(9(10)14)5-11(15)2-3-11/h4,14-15H,2-3,5H2,1H3. The number of ether oxygens (including phenoxy) is 1. The van der Waals surface area contributed by atoms with Crippen molar-refractivity contribution >= 4 is 11.6 Å². The molecule has 1 aromatic carbocycles. The van der Waals surface area contributed by atoms with Gasteiger partial charge in [-0.1, -0.05) is 11.6 Å². The number of halogens is 2. The Hall–Kier alpha value is -1.00. The Morgan fingerprint density at radius 1 is 1.56 bits per heavy atom. The lowest BCUT2D eigenvalue weighted by Gasteiger charge is -2.13. The summed E-state index contributed by atoms with van der Waals surface area (Å²) in [4.78, 5) is 0. The monoisotopic (exact) mass is 246 g/mol. The van der Waals surface area contributed by atoms with E-state index < -0.39 is 11.4 Å². The fourth-order valence-corrected chi connectivity index (χ4v) is 1.86. The molecule has 0 bridgehead atoms. The van der Waals surface area contributed by atoms with E-state index in [-0.39, 0.29) is 22.9 Å². The number of benzene rings is 1. The van der Waals surface area contributed by atoms with E-state index in [1.807, 2.05) is 0 Å². The average Bonchev–Trinajstić information content (AvgIpc) is 2.94. The lowest BCUT2D eigenvalue weighted by molar-refractivity contribution is 0.149. The summed E-state index contributed by atoms with van der Waals surface area (Å²) >= 11 is 5.67. The van der Waals surface area contributed by atoms with E-state index in [9.17, 15) is 14.6 Å². The first-order valence-corrected chi connectivity index (χ1v) is 5.31. The van der Waals surface area contributed by atoms with Gasteiger partial charge in [0.05, 0.1) is 17.7 Å². The van der Waals surface area contributed by atoms with E-state index in [1.165, 1.54) is 13.2 Å². The summed E-state index contributed by atoms with van der Waals surface area (Å²) in [6.07, 6.45) is 1.63. The van der Waals surface area contributed by atoms with Gasteiger partial charge in [-0.25, -0.2) is 4.39 Å². The zero-order valence-corrected chi connectivity index (χ0v) is 9.51. The summed E-state index contributed by atoms with van der Waals surface area (Å²) in [6, 6.07) is 1.32. The summed E-state index contributed by atoms with van der Waals surface area (Å²) in [7, 11) is 1.25. The number of phenols is 1. The predicted molar refractivity (Wildman–Crippen MR) is 57.5 cm³/mol. The average molecular weight is 247 g/mol. The lowest BCUT2D eigenvalue weighted by Crippen LogP contribution is -2.11. The van der Waals surface area contributed by atoms with Gasteiger partial charge in [0.2, 0.25) is 0 Å². The van der Waals surface area contributed by atoms with Crippen LogP contribution in [0.4, 0.5) is 4.39 Å². The van der Waals surface area contributed by atoms with Crippen LogP contribution in [0.1, 0.15) is 18.4 Å². The molecule has 1 fully saturated rings. The molecule has 3 nitrogen and oxygen atoms in total. The molecule has 0 atom stereocenters. The van der Waals surface area contributed by atoms with Crippen LogP contribution in [0.2, 0.25) is 5.02 Å². The minimum atomic E-state index is -0.784. The van der Waals surface area contributed by atoms with Crippen molar-refractivity contribution in [1.82, 2.24) is 0 Å². The molecule has 0 saturated heterocycles. The smallest absolute Gasteiger partial charge is 0.198 e. The number of rotatable bonds is 3. The molecule has 16 heavy (non-hydrogen) atoms. The molecule has 0 spiro atoms. The lowest BCUT2D eigenvalue weighted by atomic mass is 10.0. The van der Waals surface area contributed by atoms with Crippen LogP contribution in [0, 0.1) is 5.82 Å². The second kappa shape index (κ2) is 3.79. The van der Waals surface area contributed by atoms with E-state index in [4.69, 9.17) is 16.3 Å². The number of methoxy groups -OCH3 is 1. The minimum Gasteiger partial charge on any atom is -0.504 e. The summed E-state index contributed by atoms with van der Waals surface area (Å²) in [5.74, 6) is -1.34. The Bertz CT molecular complexity index is 430. The Kier molecular flexibility index (Phi) is 2.72. The minimum absolute atomic E-state index is 0.117. The molecule has 0 aliphatic heterocycles. The van der Waals surface area contributed by atoms with Crippen molar-refractivity contribution in [3.63, 3.8) is 0 Å². The molecule has 1 aromatic rings. The molecule has 88 valence electrons. The van der Waals surface area contributed by atoms with E-state index >= 15 is 0 Å². The van der Waals surface area contributed by atoms with Crippen LogP contribution in [0.3, 0.4) is 0 Å². The van der Waals surface area contributed by atoms with E-state index in [0.717, 1.165) is 0 Å². The molecule has 0 heterocycles. The third-order valence-electron chi connectivity index (χ3n) is 2.78. The molecule has 1 aliphatic carbocycles. The van der Waals surface area contributed by atoms with Crippen molar-refractivity contribution < 1.29 is 19.3 Å². The zero-order valence-electron chi connectivity index (χ0n) is 8.76. The highest BCUT2D eigenvalue weighted by atomic mass is 35.5. The largest absolute Gasteiger partial charge is 0.504 e. The van der Waals surface area contributed by atoms with E-state index in [0.29, 0.717) is 18.4 Å². The Labute approximate surface area is 97.4 Å². The third kappa shape index (κ3) is 1.95. The zero-order chi connectivity index (χ0) is 11.9. The quantitative estimate of drug-likeness (QED) is 0.860. The van der Waals surface area contributed by atoms with Crippen molar-refractivity contribution in [2.75, 3.05) is 7.11 Å². The van der Waals surface area contributed by atoms with Crippen LogP contribution in [0.15, 0.2) is 6.07 Å². The van der Waals surface area contributed by atoms with Crippen LogP contribution < -0.4 is 4.74 Å². The van der Waals surface area contributed by atoms with Gasteiger partial charge in [-0.2, -0.15) is 0 Å². The van der Waals surface area contributed by atoms with Gasteiger partial charge in [-0.05, 0) is 18.9 Å². The maximum atomic E-state index is 13.4. The van der Waals surface area contributed by atoms with Gasteiger partial charge in [-0.3, -0.25) is 0 Å².